The van der Waals surface area contributed by atoms with Crippen LogP contribution in [0.25, 0.3) is 0 Å². The van der Waals surface area contributed by atoms with E-state index in [-0.39, 0.29) is 22.8 Å². The molecule has 25 heavy (non-hydrogen) atoms. The maximum atomic E-state index is 11.5. The monoisotopic (exact) mass is 338 g/mol. The van der Waals surface area contributed by atoms with Gasteiger partial charge in [0.1, 0.15) is 17.1 Å². The summed E-state index contributed by atoms with van der Waals surface area (Å²) in [6.07, 6.45) is 1.22. The molecular weight excluding hydrogens is 324 g/mol. The van der Waals surface area contributed by atoms with E-state index in [2.05, 4.69) is 10.4 Å². The summed E-state index contributed by atoms with van der Waals surface area (Å²) in [5.41, 5.74) is 0.915. The van der Waals surface area contributed by atoms with Gasteiger partial charge in [-0.1, -0.05) is 42.5 Å². The number of nitro benzene ring substituents is 1. The second-order valence-electron chi connectivity index (χ2n) is 5.25. The minimum atomic E-state index is -1.17. The van der Waals surface area contributed by atoms with Gasteiger partial charge in [0.2, 0.25) is 0 Å². The molecule has 3 aromatic rings. The predicted molar refractivity (Wildman–Crippen MR) is 91.1 cm³/mol. The fourth-order valence-electron chi connectivity index (χ4n) is 2.42. The van der Waals surface area contributed by atoms with Crippen LogP contribution in [0, 0.1) is 10.1 Å². The third-order valence-corrected chi connectivity index (χ3v) is 3.60. The first-order valence-corrected chi connectivity index (χ1v) is 7.39. The maximum absolute atomic E-state index is 11.5. The molecule has 0 bridgehead atoms. The molecule has 1 aromatic heterocycles. The van der Waals surface area contributed by atoms with Crippen LogP contribution in [-0.2, 0) is 6.54 Å². The van der Waals surface area contributed by atoms with Crippen LogP contribution in [0.2, 0.25) is 0 Å². The van der Waals surface area contributed by atoms with Crippen molar-refractivity contribution >= 4 is 23.2 Å². The smallest absolute Gasteiger partial charge is 0.341 e. The molecule has 1 heterocycles. The summed E-state index contributed by atoms with van der Waals surface area (Å²) < 4.78 is 1.47. The molecule has 0 saturated heterocycles. The molecule has 0 saturated carbocycles. The molecule has 0 spiro atoms. The van der Waals surface area contributed by atoms with Gasteiger partial charge in [-0.25, -0.2) is 9.48 Å². The third kappa shape index (κ3) is 3.47. The van der Waals surface area contributed by atoms with Crippen LogP contribution in [0.1, 0.15) is 15.9 Å². The number of nitrogens with one attached hydrogen (secondary N) is 1. The number of carbonyl (C=O) groups is 1. The van der Waals surface area contributed by atoms with Gasteiger partial charge in [0.15, 0.2) is 0 Å². The third-order valence-electron chi connectivity index (χ3n) is 3.60. The van der Waals surface area contributed by atoms with Crippen LogP contribution >= 0.6 is 0 Å². The standard InChI is InChI=1S/C17H14N4O4/c22-17(23)13-10-18-20(11-12-6-2-1-3-7-12)16(13)19-14-8-4-5-9-15(14)21(24)25/h1-10,19H,11H2,(H,22,23). The number of rotatable bonds is 6. The summed E-state index contributed by atoms with van der Waals surface area (Å²) >= 11 is 0. The number of carboxylic acid groups (broad SMARTS) is 1. The molecule has 3 rings (SSSR count). The van der Waals surface area contributed by atoms with Crippen molar-refractivity contribution in [3.63, 3.8) is 0 Å². The molecule has 0 fully saturated rings. The predicted octanol–water partition coefficient (Wildman–Crippen LogP) is 3.28. The number of aromatic carboxylic acids is 1. The summed E-state index contributed by atoms with van der Waals surface area (Å²) in [5.74, 6) is -0.981. The zero-order valence-corrected chi connectivity index (χ0v) is 13.0. The Labute approximate surface area is 142 Å². The number of nitro groups is 1. The Hall–Kier alpha value is -3.68. The van der Waals surface area contributed by atoms with Crippen molar-refractivity contribution in [3.8, 4) is 0 Å². The van der Waals surface area contributed by atoms with Gasteiger partial charge in [0.25, 0.3) is 5.69 Å². The first-order valence-electron chi connectivity index (χ1n) is 7.39. The number of nitrogens with zero attached hydrogens (tertiary/aromatic N) is 3. The van der Waals surface area contributed by atoms with E-state index in [0.29, 0.717) is 6.54 Å². The molecule has 0 unspecified atom stereocenters. The van der Waals surface area contributed by atoms with Gasteiger partial charge in [-0.05, 0) is 11.6 Å². The highest BCUT2D eigenvalue weighted by Crippen LogP contribution is 2.29. The fourth-order valence-corrected chi connectivity index (χ4v) is 2.42. The zero-order valence-electron chi connectivity index (χ0n) is 13.0. The van der Waals surface area contributed by atoms with Crippen LogP contribution in [0.4, 0.5) is 17.2 Å². The number of hydrogen-bond donors (Lipinski definition) is 2. The lowest BCUT2D eigenvalue weighted by Gasteiger charge is -2.11. The van der Waals surface area contributed by atoms with Gasteiger partial charge < -0.3 is 10.4 Å². The average molecular weight is 338 g/mol. The van der Waals surface area contributed by atoms with Crippen LogP contribution in [-0.4, -0.2) is 25.8 Å². The average Bonchev–Trinajstić information content (AvgIpc) is 2.99. The second kappa shape index (κ2) is 6.83. The highest BCUT2D eigenvalue weighted by Gasteiger charge is 2.20. The Bertz CT molecular complexity index is 921. The molecule has 8 nitrogen and oxygen atoms in total. The molecule has 2 aromatic carbocycles. The summed E-state index contributed by atoms with van der Waals surface area (Å²) in [6, 6.07) is 15.4. The van der Waals surface area contributed by atoms with E-state index in [1.807, 2.05) is 30.3 Å². The molecule has 0 amide bonds. The lowest BCUT2D eigenvalue weighted by Crippen LogP contribution is -2.09. The normalized spacial score (nSPS) is 10.4. The van der Waals surface area contributed by atoms with Crippen LogP contribution in [0.15, 0.2) is 60.8 Å². The van der Waals surface area contributed by atoms with Crippen molar-refractivity contribution < 1.29 is 14.8 Å². The van der Waals surface area contributed by atoms with E-state index in [4.69, 9.17) is 0 Å². The van der Waals surface area contributed by atoms with Crippen molar-refractivity contribution in [2.24, 2.45) is 0 Å². The quantitative estimate of drug-likeness (QED) is 0.527. The van der Waals surface area contributed by atoms with Crippen molar-refractivity contribution in [1.82, 2.24) is 9.78 Å². The van der Waals surface area contributed by atoms with Crippen molar-refractivity contribution in [3.05, 3.63) is 82.0 Å². The molecule has 0 atom stereocenters. The summed E-state index contributed by atoms with van der Waals surface area (Å²) in [5, 5.41) is 27.5. The molecule has 0 aliphatic heterocycles. The Morgan fingerprint density at radius 2 is 1.84 bits per heavy atom. The number of benzene rings is 2. The van der Waals surface area contributed by atoms with Crippen molar-refractivity contribution in [2.45, 2.75) is 6.54 Å². The van der Waals surface area contributed by atoms with Gasteiger partial charge in [-0.15, -0.1) is 0 Å². The Morgan fingerprint density at radius 1 is 1.16 bits per heavy atom. The molecule has 0 aliphatic rings. The van der Waals surface area contributed by atoms with E-state index in [1.54, 1.807) is 12.1 Å². The van der Waals surface area contributed by atoms with E-state index < -0.39 is 10.9 Å². The Balaban J connectivity index is 2.01. The highest BCUT2D eigenvalue weighted by atomic mass is 16.6. The molecular formula is C17H14N4O4. The number of carboxylic acids is 1. The Morgan fingerprint density at radius 3 is 2.52 bits per heavy atom. The van der Waals surface area contributed by atoms with E-state index in [1.165, 1.54) is 23.0 Å². The minimum absolute atomic E-state index is 0.0610. The van der Waals surface area contributed by atoms with Gasteiger partial charge >= 0.3 is 5.97 Å². The van der Waals surface area contributed by atoms with Crippen molar-refractivity contribution in [2.75, 3.05) is 5.32 Å². The van der Waals surface area contributed by atoms with Crippen LogP contribution in [0.3, 0.4) is 0 Å². The van der Waals surface area contributed by atoms with Gasteiger partial charge in [0.05, 0.1) is 17.7 Å². The maximum Gasteiger partial charge on any atom is 0.341 e. The first kappa shape index (κ1) is 16.2. The fraction of sp³-hybridized carbons (Fsp3) is 0.0588. The molecule has 0 aliphatic carbocycles. The topological polar surface area (TPSA) is 110 Å². The largest absolute Gasteiger partial charge is 0.477 e. The van der Waals surface area contributed by atoms with Crippen molar-refractivity contribution in [1.29, 1.82) is 0 Å². The lowest BCUT2D eigenvalue weighted by molar-refractivity contribution is -0.383. The number of anilines is 2. The van der Waals surface area contributed by atoms with E-state index in [9.17, 15) is 20.0 Å². The van der Waals surface area contributed by atoms with E-state index in [0.717, 1.165) is 5.56 Å². The number of para-hydroxylation sites is 2. The van der Waals surface area contributed by atoms with Crippen LogP contribution in [0.5, 0.6) is 0 Å². The summed E-state index contributed by atoms with van der Waals surface area (Å²) in [7, 11) is 0. The van der Waals surface area contributed by atoms with E-state index >= 15 is 0 Å². The van der Waals surface area contributed by atoms with Gasteiger partial charge in [-0.2, -0.15) is 5.10 Å². The molecule has 8 heteroatoms. The second-order valence-corrected chi connectivity index (χ2v) is 5.25. The zero-order chi connectivity index (χ0) is 17.8. The van der Waals surface area contributed by atoms with Gasteiger partial charge in [-0.3, -0.25) is 10.1 Å². The lowest BCUT2D eigenvalue weighted by atomic mass is 10.2. The summed E-state index contributed by atoms with van der Waals surface area (Å²) in [6.45, 7) is 0.330. The molecule has 126 valence electrons. The SMILES string of the molecule is O=C(O)c1cnn(Cc2ccccc2)c1Nc1ccccc1[N+](=O)[O-]. The number of hydrogen-bond acceptors (Lipinski definition) is 5. The summed E-state index contributed by atoms with van der Waals surface area (Å²) in [4.78, 5) is 22.1. The minimum Gasteiger partial charge on any atom is -0.477 e. The van der Waals surface area contributed by atoms with Crippen LogP contribution < -0.4 is 5.32 Å². The molecule has 0 radical (unpaired) electrons. The first-order chi connectivity index (χ1) is 12.1. The number of aromatic nitrogens is 2. The molecule has 2 N–H and O–H groups in total. The Kier molecular flexibility index (Phi) is 4.42. The highest BCUT2D eigenvalue weighted by molar-refractivity contribution is 5.94. The van der Waals surface area contributed by atoms with Gasteiger partial charge in [0, 0.05) is 6.07 Å².